The number of nitrogens with zero attached hydrogens (tertiary/aromatic N) is 4. The predicted molar refractivity (Wildman–Crippen MR) is 165 cm³/mol. The molecule has 3 atom stereocenters. The van der Waals surface area contributed by atoms with Gasteiger partial charge < -0.3 is 9.47 Å². The van der Waals surface area contributed by atoms with E-state index in [0.717, 1.165) is 54.6 Å². The molecule has 4 aromatic rings. The number of ether oxygens (including phenoxy) is 2. The van der Waals surface area contributed by atoms with Gasteiger partial charge in [0, 0.05) is 63.8 Å². The average molecular weight is 569 g/mol. The molecule has 1 saturated heterocycles. The molecule has 2 aromatic carbocycles. The Hall–Kier alpha value is -3.33. The van der Waals surface area contributed by atoms with E-state index in [0.29, 0.717) is 30.4 Å². The summed E-state index contributed by atoms with van der Waals surface area (Å²) in [6.07, 6.45) is 5.81. The lowest BCUT2D eigenvalue weighted by Crippen LogP contribution is -2.36. The number of rotatable bonds is 11. The first-order valence-corrected chi connectivity index (χ1v) is 18.4. The maximum Gasteiger partial charge on any atom is 0.219 e. The van der Waals surface area contributed by atoms with Crippen LogP contribution in [0.15, 0.2) is 67.0 Å². The molecule has 8 heteroatoms. The second-order valence-corrected chi connectivity index (χ2v) is 18.5. The first-order valence-electron chi connectivity index (χ1n) is 14.7. The van der Waals surface area contributed by atoms with E-state index < -0.39 is 8.07 Å². The number of fused-ring (bicyclic) bond motifs is 3. The van der Waals surface area contributed by atoms with Crippen LogP contribution in [0.4, 0.5) is 0 Å². The van der Waals surface area contributed by atoms with Gasteiger partial charge in [0.2, 0.25) is 5.88 Å². The molecule has 1 aliphatic heterocycles. The van der Waals surface area contributed by atoms with Crippen LogP contribution in [-0.2, 0) is 22.8 Å². The smallest absolute Gasteiger partial charge is 0.219 e. The summed E-state index contributed by atoms with van der Waals surface area (Å²) in [5.74, 6) is 2.51. The molecule has 2 aliphatic rings. The highest BCUT2D eigenvalue weighted by atomic mass is 28.3. The normalized spacial score (nSPS) is 20.6. The van der Waals surface area contributed by atoms with Gasteiger partial charge >= 0.3 is 0 Å². The van der Waals surface area contributed by atoms with E-state index in [1.165, 1.54) is 17.4 Å². The zero-order valence-corrected chi connectivity index (χ0v) is 25.5. The van der Waals surface area contributed by atoms with Crippen molar-refractivity contribution >= 4 is 24.6 Å². The van der Waals surface area contributed by atoms with Gasteiger partial charge in [-0.25, -0.2) is 9.67 Å². The fourth-order valence-corrected chi connectivity index (χ4v) is 7.09. The number of hydrogen-bond acceptors (Lipinski definition) is 6. The number of benzene rings is 2. The highest BCUT2D eigenvalue weighted by Gasteiger charge is 2.45. The third kappa shape index (κ3) is 6.45. The number of ketones is 1. The summed E-state index contributed by atoms with van der Waals surface area (Å²) in [5.41, 5.74) is 3.26. The minimum atomic E-state index is -1.12. The van der Waals surface area contributed by atoms with Crippen LogP contribution >= 0.6 is 0 Å². The highest BCUT2D eigenvalue weighted by molar-refractivity contribution is 6.76. The number of aromatic nitrogens is 3. The number of piperidine rings is 1. The summed E-state index contributed by atoms with van der Waals surface area (Å²) in [7, 11) is -1.12. The van der Waals surface area contributed by atoms with Gasteiger partial charge in [-0.15, -0.1) is 0 Å². The van der Waals surface area contributed by atoms with Gasteiger partial charge in [0.05, 0.1) is 5.69 Å². The van der Waals surface area contributed by atoms with Crippen molar-refractivity contribution in [2.24, 2.45) is 11.8 Å². The van der Waals surface area contributed by atoms with Crippen LogP contribution in [0.3, 0.4) is 0 Å². The second-order valence-electron chi connectivity index (χ2n) is 12.9. The lowest BCUT2D eigenvalue weighted by Gasteiger charge is -2.30. The minimum absolute atomic E-state index is 0.282. The first-order chi connectivity index (χ1) is 19.7. The maximum absolute atomic E-state index is 11.9. The summed E-state index contributed by atoms with van der Waals surface area (Å²) >= 11 is 0. The zero-order valence-electron chi connectivity index (χ0n) is 24.5. The van der Waals surface area contributed by atoms with Gasteiger partial charge in [0.15, 0.2) is 0 Å². The topological polar surface area (TPSA) is 69.5 Å². The Labute approximate surface area is 243 Å². The Bertz CT molecular complexity index is 1530. The van der Waals surface area contributed by atoms with Crippen molar-refractivity contribution < 1.29 is 14.3 Å². The summed E-state index contributed by atoms with van der Waals surface area (Å²) in [6.45, 7) is 12.0. The van der Waals surface area contributed by atoms with E-state index in [-0.39, 0.29) is 5.92 Å². The molecule has 0 spiro atoms. The molecule has 0 N–H and O–H groups in total. The lowest BCUT2D eigenvalue weighted by molar-refractivity contribution is -0.122. The number of hydrogen-bond donors (Lipinski definition) is 0. The molecule has 1 unspecified atom stereocenters. The fraction of sp³-hybridized carbons (Fsp3) is 0.424. The van der Waals surface area contributed by atoms with Crippen molar-refractivity contribution in [3.63, 3.8) is 0 Å². The lowest BCUT2D eigenvalue weighted by atomic mass is 9.91. The van der Waals surface area contributed by atoms with Gasteiger partial charge in [-0.1, -0.05) is 37.8 Å². The van der Waals surface area contributed by atoms with Crippen molar-refractivity contribution in [3.05, 3.63) is 72.6 Å². The zero-order chi connectivity index (χ0) is 28.6. The number of pyridine rings is 1. The fourth-order valence-electron chi connectivity index (χ4n) is 6.33. The van der Waals surface area contributed by atoms with E-state index in [4.69, 9.17) is 9.47 Å². The summed E-state index contributed by atoms with van der Waals surface area (Å²) < 4.78 is 13.9. The van der Waals surface area contributed by atoms with E-state index in [9.17, 15) is 4.79 Å². The molecular formula is C33H40N4O3Si. The van der Waals surface area contributed by atoms with Crippen molar-refractivity contribution in [2.75, 3.05) is 13.2 Å². The van der Waals surface area contributed by atoms with Crippen LogP contribution in [0.25, 0.3) is 22.0 Å². The van der Waals surface area contributed by atoms with Crippen LogP contribution < -0.4 is 4.74 Å². The summed E-state index contributed by atoms with van der Waals surface area (Å²) in [5, 5.41) is 6.77. The molecule has 2 bridgehead atoms. The van der Waals surface area contributed by atoms with Crippen LogP contribution in [0.1, 0.15) is 25.3 Å². The van der Waals surface area contributed by atoms with Gasteiger partial charge in [0.25, 0.3) is 0 Å². The molecule has 1 saturated carbocycles. The van der Waals surface area contributed by atoms with Gasteiger partial charge in [-0.05, 0) is 78.4 Å². The quantitative estimate of drug-likeness (QED) is 0.143. The molecule has 7 nitrogen and oxygen atoms in total. The third-order valence-electron chi connectivity index (χ3n) is 8.62. The molecule has 6 rings (SSSR count). The Balaban J connectivity index is 1.06. The molecular weight excluding hydrogens is 528 g/mol. The van der Waals surface area contributed by atoms with Gasteiger partial charge in [-0.2, -0.15) is 5.10 Å². The van der Waals surface area contributed by atoms with Crippen molar-refractivity contribution in [2.45, 2.75) is 64.8 Å². The van der Waals surface area contributed by atoms with E-state index in [1.807, 2.05) is 35.1 Å². The Morgan fingerprint density at radius 1 is 1.02 bits per heavy atom. The van der Waals surface area contributed by atoms with Crippen molar-refractivity contribution in [3.8, 4) is 22.9 Å². The largest absolute Gasteiger partial charge is 0.439 e. The Kier molecular flexibility index (Phi) is 7.81. The third-order valence-corrected chi connectivity index (χ3v) is 10.3. The van der Waals surface area contributed by atoms with Gasteiger partial charge in [0.1, 0.15) is 18.3 Å². The number of carbonyl (C=O) groups is 1. The van der Waals surface area contributed by atoms with Crippen LogP contribution in [0.2, 0.25) is 25.7 Å². The summed E-state index contributed by atoms with van der Waals surface area (Å²) in [4.78, 5) is 19.0. The van der Waals surface area contributed by atoms with Crippen molar-refractivity contribution in [1.82, 2.24) is 19.7 Å². The van der Waals surface area contributed by atoms with Gasteiger partial charge in [-0.3, -0.25) is 9.69 Å². The predicted octanol–water partition coefficient (Wildman–Crippen LogP) is 7.00. The summed E-state index contributed by atoms with van der Waals surface area (Å²) in [6, 6.07) is 20.4. The molecule has 0 radical (unpaired) electrons. The Morgan fingerprint density at radius 3 is 2.59 bits per heavy atom. The van der Waals surface area contributed by atoms with Crippen LogP contribution in [0.5, 0.6) is 11.6 Å². The first kappa shape index (κ1) is 27.8. The van der Waals surface area contributed by atoms with Crippen molar-refractivity contribution in [1.29, 1.82) is 0 Å². The second kappa shape index (κ2) is 11.5. The molecule has 1 aliphatic carbocycles. The van der Waals surface area contributed by atoms with E-state index >= 15 is 0 Å². The maximum atomic E-state index is 11.9. The molecule has 2 aromatic heterocycles. The number of Topliss-reactive ketones (excluding diaryl/α,β-unsaturated/α-hetero) is 1. The Morgan fingerprint density at radius 2 is 1.85 bits per heavy atom. The highest BCUT2D eigenvalue weighted by Crippen LogP contribution is 2.43. The molecule has 0 amide bonds. The minimum Gasteiger partial charge on any atom is -0.439 e. The molecule has 3 heterocycles. The average Bonchev–Trinajstić information content (AvgIpc) is 3.67. The van der Waals surface area contributed by atoms with Crippen LogP contribution in [0, 0.1) is 11.8 Å². The van der Waals surface area contributed by atoms with Crippen LogP contribution in [-0.4, -0.2) is 52.7 Å². The van der Waals surface area contributed by atoms with E-state index in [2.05, 4.69) is 65.0 Å². The molecule has 41 heavy (non-hydrogen) atoms. The molecule has 2 fully saturated rings. The van der Waals surface area contributed by atoms with E-state index in [1.54, 1.807) is 13.1 Å². The monoisotopic (exact) mass is 568 g/mol. The number of carbonyl (C=O) groups excluding carboxylic acids is 1. The SMILES string of the molecule is CC(=O)C1C[C@@H]2C[C@H]1CN2Cc1ccc2cc(Oc3ccc(-c4ccnn4COCC[Si](C)(C)C)cn3)ccc2c1. The number of likely N-dealkylation sites (tertiary alicyclic amines) is 1. The molecule has 214 valence electrons. The standard InChI is InChI=1S/C33H40N4O3Si/c1-23(38)31-18-29-16-28(31)21-36(29)20-24-5-6-26-17-30(9-7-25(26)15-24)40-33-10-8-27(19-34-33)32-11-12-35-37(32)22-39-13-14-41(2,3)4/h5-12,15,17,19,28-29,31H,13-14,16,18,20-22H2,1-4H3/t28-,29-,31?/m0/s1.